The lowest BCUT2D eigenvalue weighted by atomic mass is 10.1. The number of aromatic nitrogens is 3. The number of aliphatic imine (C=N–C) groups is 1. The Morgan fingerprint density at radius 1 is 1.37 bits per heavy atom. The van der Waals surface area contributed by atoms with Gasteiger partial charge in [-0.15, -0.1) is 0 Å². The summed E-state index contributed by atoms with van der Waals surface area (Å²) in [6.07, 6.45) is 6.83. The highest BCUT2D eigenvalue weighted by Gasteiger charge is 2.26. The summed E-state index contributed by atoms with van der Waals surface area (Å²) in [5.74, 6) is 0.246. The number of rotatable bonds is 4. The third kappa shape index (κ3) is 5.56. The third-order valence-electron chi connectivity index (χ3n) is 4.39. The molecule has 0 bridgehead atoms. The monoisotopic (exact) mass is 414 g/mol. The smallest absolute Gasteiger partial charge is 0.410 e. The van der Waals surface area contributed by atoms with Gasteiger partial charge < -0.3 is 20.1 Å². The van der Waals surface area contributed by atoms with E-state index in [9.17, 15) is 9.59 Å². The molecule has 3 rings (SSSR count). The normalized spacial score (nSPS) is 16.2. The van der Waals surface area contributed by atoms with Gasteiger partial charge in [-0.1, -0.05) is 0 Å². The topological polar surface area (TPSA) is 136 Å². The first-order chi connectivity index (χ1) is 14.2. The van der Waals surface area contributed by atoms with Gasteiger partial charge in [-0.25, -0.2) is 4.79 Å². The molecule has 0 atom stereocenters. The number of allylic oxidation sites excluding steroid dienone is 1. The van der Waals surface area contributed by atoms with Crippen LogP contribution < -0.4 is 16.0 Å². The lowest BCUT2D eigenvalue weighted by molar-refractivity contribution is 0.0207. The van der Waals surface area contributed by atoms with Gasteiger partial charge in [-0.05, 0) is 39.7 Å². The fourth-order valence-electron chi connectivity index (χ4n) is 2.94. The van der Waals surface area contributed by atoms with Crippen molar-refractivity contribution in [1.82, 2.24) is 19.9 Å². The number of pyridine rings is 1. The van der Waals surface area contributed by atoms with Gasteiger partial charge in [0.05, 0.1) is 29.4 Å². The van der Waals surface area contributed by atoms with Gasteiger partial charge >= 0.3 is 12.1 Å². The lowest BCUT2D eigenvalue weighted by Gasteiger charge is -2.32. The van der Waals surface area contributed by atoms with E-state index >= 15 is 0 Å². The van der Waals surface area contributed by atoms with Crippen molar-refractivity contribution < 1.29 is 14.3 Å². The average molecular weight is 414 g/mol. The Bertz CT molecular complexity index is 1020. The van der Waals surface area contributed by atoms with E-state index in [0.29, 0.717) is 36.8 Å². The summed E-state index contributed by atoms with van der Waals surface area (Å²) in [5.41, 5.74) is 5.19. The first-order valence-electron chi connectivity index (χ1n) is 9.70. The van der Waals surface area contributed by atoms with Gasteiger partial charge in [-0.2, -0.15) is 4.98 Å². The number of H-pyrrole nitrogens is 1. The van der Waals surface area contributed by atoms with Crippen molar-refractivity contribution in [3.8, 4) is 6.01 Å². The second-order valence-electron chi connectivity index (χ2n) is 7.91. The van der Waals surface area contributed by atoms with E-state index < -0.39 is 5.60 Å². The number of nitrogens with two attached hydrogens (primary N) is 1. The van der Waals surface area contributed by atoms with Crippen LogP contribution in [0.2, 0.25) is 0 Å². The zero-order chi connectivity index (χ0) is 21.7. The Morgan fingerprint density at radius 2 is 2.10 bits per heavy atom. The fourth-order valence-corrected chi connectivity index (χ4v) is 2.94. The van der Waals surface area contributed by atoms with Gasteiger partial charge in [0.15, 0.2) is 5.76 Å². The van der Waals surface area contributed by atoms with Gasteiger partial charge in [0.2, 0.25) is 0 Å². The Morgan fingerprint density at radius 3 is 2.77 bits per heavy atom. The maximum absolute atomic E-state index is 12.1. The number of likely N-dealkylation sites (tertiary alicyclic amines) is 1. The summed E-state index contributed by atoms with van der Waals surface area (Å²) < 4.78 is 11.0. The lowest BCUT2D eigenvalue weighted by Crippen LogP contribution is -2.42. The van der Waals surface area contributed by atoms with Crippen molar-refractivity contribution in [1.29, 1.82) is 0 Å². The summed E-state index contributed by atoms with van der Waals surface area (Å²) in [6, 6.07) is 1.61. The van der Waals surface area contributed by atoms with Gasteiger partial charge in [-0.3, -0.25) is 19.8 Å². The first-order valence-corrected chi connectivity index (χ1v) is 9.70. The van der Waals surface area contributed by atoms with Crippen LogP contribution in [0.25, 0.3) is 10.9 Å². The van der Waals surface area contributed by atoms with Crippen molar-refractivity contribution >= 4 is 23.2 Å². The number of ether oxygens (including phenoxy) is 2. The highest BCUT2D eigenvalue weighted by Crippen LogP contribution is 2.17. The molecule has 1 aliphatic heterocycles. The van der Waals surface area contributed by atoms with Crippen LogP contribution >= 0.6 is 0 Å². The molecule has 3 N–H and O–H groups in total. The molecule has 1 saturated heterocycles. The van der Waals surface area contributed by atoms with Crippen LogP contribution in [-0.2, 0) is 4.74 Å². The molecule has 0 aromatic carbocycles. The molecule has 1 fully saturated rings. The van der Waals surface area contributed by atoms with Crippen LogP contribution in [-0.4, -0.2) is 56.9 Å². The Hall–Kier alpha value is -3.43. The highest BCUT2D eigenvalue weighted by molar-refractivity contribution is 5.78. The number of carbonyl (C=O) groups excluding carboxylic acids is 1. The van der Waals surface area contributed by atoms with E-state index in [1.165, 1.54) is 24.8 Å². The number of piperidine rings is 1. The van der Waals surface area contributed by atoms with Crippen LogP contribution in [0.15, 0.2) is 40.2 Å². The van der Waals surface area contributed by atoms with Crippen LogP contribution in [0.1, 0.15) is 33.6 Å². The Kier molecular flexibility index (Phi) is 6.34. The molecule has 0 spiro atoms. The number of amides is 1. The Balaban J connectivity index is 1.58. The second kappa shape index (κ2) is 8.93. The molecule has 1 aliphatic rings. The summed E-state index contributed by atoms with van der Waals surface area (Å²) in [7, 11) is 0. The Labute approximate surface area is 173 Å². The van der Waals surface area contributed by atoms with Crippen molar-refractivity contribution in [2.24, 2.45) is 10.7 Å². The van der Waals surface area contributed by atoms with Crippen LogP contribution in [0.4, 0.5) is 4.79 Å². The molecule has 160 valence electrons. The van der Waals surface area contributed by atoms with Crippen molar-refractivity contribution in [3.63, 3.8) is 0 Å². The minimum Gasteiger partial charge on any atom is -0.444 e. The molecule has 30 heavy (non-hydrogen) atoms. The summed E-state index contributed by atoms with van der Waals surface area (Å²) in [6.45, 7) is 6.66. The zero-order valence-corrected chi connectivity index (χ0v) is 17.3. The molecule has 0 radical (unpaired) electrons. The fraction of sp³-hybridized carbons (Fsp3) is 0.450. The first kappa shape index (κ1) is 21.3. The molecule has 2 aromatic rings. The van der Waals surface area contributed by atoms with Crippen LogP contribution in [0, 0.1) is 0 Å². The minimum atomic E-state index is -0.516. The maximum atomic E-state index is 12.1. The molecule has 0 aliphatic carbocycles. The maximum Gasteiger partial charge on any atom is 0.410 e. The molecule has 0 unspecified atom stereocenters. The van der Waals surface area contributed by atoms with Crippen LogP contribution in [0.5, 0.6) is 6.01 Å². The molecular formula is C20H26N6O4. The van der Waals surface area contributed by atoms with Gasteiger partial charge in [0.25, 0.3) is 5.56 Å². The van der Waals surface area contributed by atoms with E-state index in [-0.39, 0.29) is 29.5 Å². The number of nitrogens with one attached hydrogen (secondary N) is 1. The predicted octanol–water partition coefficient (Wildman–Crippen LogP) is 1.97. The van der Waals surface area contributed by atoms with Crippen LogP contribution in [0.3, 0.4) is 0 Å². The van der Waals surface area contributed by atoms with E-state index in [1.54, 1.807) is 11.0 Å². The molecule has 10 heteroatoms. The number of carbonyl (C=O) groups is 1. The summed E-state index contributed by atoms with van der Waals surface area (Å²) >= 11 is 0. The quantitative estimate of drug-likeness (QED) is 0.576. The number of hydrogen-bond donors (Lipinski definition) is 2. The molecule has 1 amide bonds. The zero-order valence-electron chi connectivity index (χ0n) is 17.3. The summed E-state index contributed by atoms with van der Waals surface area (Å²) in [4.78, 5) is 41.2. The van der Waals surface area contributed by atoms with E-state index in [0.717, 1.165) is 0 Å². The number of fused-ring (bicyclic) bond motifs is 1. The van der Waals surface area contributed by atoms with Crippen molar-refractivity contribution in [3.05, 3.63) is 40.8 Å². The molecule has 10 nitrogen and oxygen atoms in total. The highest BCUT2D eigenvalue weighted by atomic mass is 16.6. The minimum absolute atomic E-state index is 0.00314. The number of aromatic amines is 1. The van der Waals surface area contributed by atoms with E-state index in [4.69, 9.17) is 15.2 Å². The van der Waals surface area contributed by atoms with E-state index in [2.05, 4.69) is 19.9 Å². The van der Waals surface area contributed by atoms with Crippen molar-refractivity contribution in [2.45, 2.75) is 45.3 Å². The largest absolute Gasteiger partial charge is 0.444 e. The molecule has 0 saturated carbocycles. The van der Waals surface area contributed by atoms with E-state index in [1.807, 2.05) is 20.8 Å². The predicted molar refractivity (Wildman–Crippen MR) is 112 cm³/mol. The third-order valence-corrected chi connectivity index (χ3v) is 4.39. The second-order valence-corrected chi connectivity index (χ2v) is 7.91. The number of nitrogens with zero attached hydrogens (tertiary/aromatic N) is 4. The SMILES string of the molecule is CC(C)(C)OC(=O)N1CCC(N=CC(=CN)Oc2nc3cnccc3c(=O)[nH]2)CC1. The van der Waals surface area contributed by atoms with Gasteiger partial charge in [0.1, 0.15) is 5.60 Å². The average Bonchev–Trinajstić information content (AvgIpc) is 2.70. The molecule has 3 heterocycles. The summed E-state index contributed by atoms with van der Waals surface area (Å²) in [5, 5.41) is 0.418. The van der Waals surface area contributed by atoms with Crippen molar-refractivity contribution in [2.75, 3.05) is 13.1 Å². The molecule has 2 aromatic heterocycles. The molecular weight excluding hydrogens is 388 g/mol. The number of hydrogen-bond acceptors (Lipinski definition) is 8. The standard InChI is InChI=1S/C20H26N6O4/c1-20(2,3)30-19(28)26-8-5-13(6-9-26)23-11-14(10-21)29-18-24-16-12-22-7-4-15(16)17(27)25-18/h4,7,10-13H,5-6,8-9,21H2,1-3H3,(H,24,25,27). The van der Waals surface area contributed by atoms with Gasteiger partial charge in [0, 0.05) is 25.5 Å².